The van der Waals surface area contributed by atoms with Gasteiger partial charge in [-0.2, -0.15) is 0 Å². The Morgan fingerprint density at radius 2 is 1.89 bits per heavy atom. The van der Waals surface area contributed by atoms with E-state index in [2.05, 4.69) is 39.7 Å². The van der Waals surface area contributed by atoms with Crippen molar-refractivity contribution in [2.24, 2.45) is 0 Å². The van der Waals surface area contributed by atoms with E-state index in [9.17, 15) is 13.6 Å². The molecule has 1 unspecified atom stereocenters. The lowest BCUT2D eigenvalue weighted by atomic mass is 9.64. The molecule has 9 nitrogen and oxygen atoms in total. The second-order valence-corrected chi connectivity index (χ2v) is 11.8. The van der Waals surface area contributed by atoms with Crippen LogP contribution in [0.25, 0.3) is 22.0 Å². The Morgan fingerprint density at radius 1 is 1.13 bits per heavy atom. The van der Waals surface area contributed by atoms with Gasteiger partial charge in [-0.15, -0.1) is 0 Å². The smallest absolute Gasteiger partial charge is 0.237 e. The van der Waals surface area contributed by atoms with E-state index in [1.54, 1.807) is 4.90 Å². The molecule has 1 aromatic carbocycles. The third kappa shape index (κ3) is 4.10. The number of aromatic nitrogens is 2. The Hall–Kier alpha value is -2.92. The standard InChI is InChI=1S/C28H34N6O3S/c1-32(2)21-7-11-34(12-8-21)26-20(16-31-38(36)37)13-19(15-30-26)18-5-6-23-22(14-18)25-24(17-29-23)33(3)27(35)28(25)9-4-10-28/h5-6,13-15,17,21,31H,4,7-12,16H2,1-3H3,(H,36,37)/p-1. The Labute approximate surface area is 225 Å². The van der Waals surface area contributed by atoms with Crippen molar-refractivity contribution >= 4 is 39.6 Å². The molecule has 4 heterocycles. The monoisotopic (exact) mass is 533 g/mol. The minimum absolute atomic E-state index is 0.168. The number of hydrogen-bond acceptors (Lipinski definition) is 7. The van der Waals surface area contributed by atoms with Crippen molar-refractivity contribution in [2.45, 2.75) is 50.1 Å². The molecule has 1 spiro atoms. The van der Waals surface area contributed by atoms with Gasteiger partial charge in [0.2, 0.25) is 5.91 Å². The first-order valence-electron chi connectivity index (χ1n) is 13.2. The summed E-state index contributed by atoms with van der Waals surface area (Å²) in [5, 5.41) is 1.01. The summed E-state index contributed by atoms with van der Waals surface area (Å²) in [5.74, 6) is 0.995. The van der Waals surface area contributed by atoms with Crippen molar-refractivity contribution in [3.63, 3.8) is 0 Å². The van der Waals surface area contributed by atoms with Crippen molar-refractivity contribution in [3.8, 4) is 11.1 Å². The number of hydrogen-bond donors (Lipinski definition) is 1. The zero-order valence-electron chi connectivity index (χ0n) is 22.1. The fourth-order valence-electron chi connectivity index (χ4n) is 6.46. The van der Waals surface area contributed by atoms with E-state index in [1.165, 1.54) is 0 Å². The molecule has 3 aliphatic rings. The van der Waals surface area contributed by atoms with Gasteiger partial charge in [0.25, 0.3) is 0 Å². The van der Waals surface area contributed by atoms with E-state index < -0.39 is 16.7 Å². The fraction of sp³-hybridized carbons (Fsp3) is 0.464. The zero-order chi connectivity index (χ0) is 26.6. The molecule has 1 atom stereocenters. The van der Waals surface area contributed by atoms with Crippen LogP contribution in [0.3, 0.4) is 0 Å². The van der Waals surface area contributed by atoms with Gasteiger partial charge in [0, 0.05) is 72.3 Å². The van der Waals surface area contributed by atoms with Crippen LogP contribution in [0.5, 0.6) is 0 Å². The van der Waals surface area contributed by atoms with Crippen LogP contribution in [-0.4, -0.2) is 69.8 Å². The minimum atomic E-state index is -2.37. The number of piperidine rings is 1. The van der Waals surface area contributed by atoms with E-state index in [0.29, 0.717) is 6.04 Å². The van der Waals surface area contributed by atoms with Gasteiger partial charge in [0.15, 0.2) is 0 Å². The molecule has 200 valence electrons. The Balaban J connectivity index is 1.39. The molecule has 2 aromatic heterocycles. The number of carbonyl (C=O) groups excluding carboxylic acids is 1. The Bertz CT molecular complexity index is 1430. The number of amides is 1. The number of nitrogens with one attached hydrogen (secondary N) is 1. The van der Waals surface area contributed by atoms with Crippen molar-refractivity contribution in [2.75, 3.05) is 44.0 Å². The van der Waals surface area contributed by atoms with Crippen LogP contribution in [0.15, 0.2) is 36.7 Å². The summed E-state index contributed by atoms with van der Waals surface area (Å²) >= 11 is -2.37. The van der Waals surface area contributed by atoms with E-state index in [0.717, 1.165) is 89.9 Å². The van der Waals surface area contributed by atoms with Gasteiger partial charge in [0.1, 0.15) is 5.82 Å². The van der Waals surface area contributed by atoms with Gasteiger partial charge < -0.3 is 19.3 Å². The van der Waals surface area contributed by atoms with E-state index in [-0.39, 0.29) is 12.5 Å². The minimum Gasteiger partial charge on any atom is -0.760 e. The first-order chi connectivity index (χ1) is 18.3. The van der Waals surface area contributed by atoms with Crippen LogP contribution < -0.4 is 14.5 Å². The van der Waals surface area contributed by atoms with Gasteiger partial charge in [-0.1, -0.05) is 12.5 Å². The van der Waals surface area contributed by atoms with Gasteiger partial charge in [-0.05, 0) is 63.5 Å². The average molecular weight is 534 g/mol. The summed E-state index contributed by atoms with van der Waals surface area (Å²) in [5.41, 5.74) is 5.16. The molecule has 0 bridgehead atoms. The first-order valence-corrected chi connectivity index (χ1v) is 14.3. The maximum absolute atomic E-state index is 13.2. The molecule has 2 aliphatic heterocycles. The van der Waals surface area contributed by atoms with Crippen molar-refractivity contribution in [1.29, 1.82) is 0 Å². The molecule has 2 fully saturated rings. The summed E-state index contributed by atoms with van der Waals surface area (Å²) in [6.07, 6.45) is 8.56. The zero-order valence-corrected chi connectivity index (χ0v) is 22.9. The molecule has 3 aromatic rings. The summed E-state index contributed by atoms with van der Waals surface area (Å²) in [6, 6.07) is 8.73. The summed E-state index contributed by atoms with van der Waals surface area (Å²) in [4.78, 5) is 29.0. The molecular weight excluding hydrogens is 500 g/mol. The van der Waals surface area contributed by atoms with Gasteiger partial charge >= 0.3 is 0 Å². The predicted molar refractivity (Wildman–Crippen MR) is 149 cm³/mol. The van der Waals surface area contributed by atoms with Crippen LogP contribution in [0.1, 0.15) is 43.2 Å². The number of benzene rings is 1. The maximum Gasteiger partial charge on any atom is 0.237 e. The lowest BCUT2D eigenvalue weighted by Gasteiger charge is -2.37. The molecule has 1 saturated heterocycles. The van der Waals surface area contributed by atoms with E-state index in [4.69, 9.17) is 4.98 Å². The van der Waals surface area contributed by atoms with Crippen molar-refractivity contribution < 1.29 is 13.6 Å². The molecule has 1 amide bonds. The molecule has 1 aliphatic carbocycles. The molecule has 1 N–H and O–H groups in total. The number of nitrogens with zero attached hydrogens (tertiary/aromatic N) is 5. The second kappa shape index (κ2) is 9.68. The molecular formula is C28H33N6O3S-. The fourth-order valence-corrected chi connectivity index (χ4v) is 6.73. The number of rotatable bonds is 6. The quantitative estimate of drug-likeness (QED) is 0.486. The van der Waals surface area contributed by atoms with Crippen molar-refractivity contribution in [3.05, 3.63) is 47.8 Å². The summed E-state index contributed by atoms with van der Waals surface area (Å²) < 4.78 is 25.2. The third-order valence-corrected chi connectivity index (χ3v) is 9.14. The second-order valence-electron chi connectivity index (χ2n) is 11.0. The lowest BCUT2D eigenvalue weighted by molar-refractivity contribution is -0.125. The Morgan fingerprint density at radius 3 is 2.55 bits per heavy atom. The van der Waals surface area contributed by atoms with Crippen molar-refractivity contribution in [1.82, 2.24) is 19.6 Å². The molecule has 10 heteroatoms. The third-order valence-electron chi connectivity index (χ3n) is 8.76. The Kier molecular flexibility index (Phi) is 6.46. The first kappa shape index (κ1) is 25.4. The molecule has 38 heavy (non-hydrogen) atoms. The maximum atomic E-state index is 13.2. The topological polar surface area (TPSA) is 105 Å². The highest BCUT2D eigenvalue weighted by atomic mass is 32.2. The number of anilines is 2. The molecule has 6 rings (SSSR count). The van der Waals surface area contributed by atoms with E-state index in [1.807, 2.05) is 37.6 Å². The van der Waals surface area contributed by atoms with Gasteiger partial charge in [0.05, 0.1) is 22.8 Å². The highest BCUT2D eigenvalue weighted by Gasteiger charge is 2.54. The van der Waals surface area contributed by atoms with Gasteiger partial charge in [-0.3, -0.25) is 14.0 Å². The normalized spacial score (nSPS) is 19.9. The SMILES string of the molecule is CN1C(=O)C2(CCC2)c2c1cnc1ccc(-c3cnc(N4CCC(N(C)C)CC4)c(CNS(=O)[O-])c3)cc21. The predicted octanol–water partition coefficient (Wildman–Crippen LogP) is 3.11. The number of fused-ring (bicyclic) bond motifs is 4. The molecule has 1 saturated carbocycles. The van der Waals surface area contributed by atoms with Gasteiger partial charge in [-0.25, -0.2) is 9.71 Å². The average Bonchev–Trinajstić information content (AvgIpc) is 3.14. The van der Waals surface area contributed by atoms with Crippen LogP contribution in [0.4, 0.5) is 11.5 Å². The summed E-state index contributed by atoms with van der Waals surface area (Å²) in [6.45, 7) is 1.92. The van der Waals surface area contributed by atoms with Crippen LogP contribution >= 0.6 is 0 Å². The molecule has 0 radical (unpaired) electrons. The highest BCUT2D eigenvalue weighted by Crippen LogP contribution is 2.55. The highest BCUT2D eigenvalue weighted by molar-refractivity contribution is 7.77. The number of pyridine rings is 2. The lowest BCUT2D eigenvalue weighted by Crippen LogP contribution is -2.43. The number of likely N-dealkylation sites (N-methyl/N-ethyl adjacent to an activating group) is 1. The summed E-state index contributed by atoms with van der Waals surface area (Å²) in [7, 11) is 6.07. The van der Waals surface area contributed by atoms with Crippen LogP contribution in [0, 0.1) is 0 Å². The van der Waals surface area contributed by atoms with E-state index >= 15 is 0 Å². The number of carbonyl (C=O) groups is 1. The van der Waals surface area contributed by atoms with Crippen LogP contribution in [0.2, 0.25) is 0 Å². The largest absolute Gasteiger partial charge is 0.760 e. The van der Waals surface area contributed by atoms with Crippen LogP contribution in [-0.2, 0) is 28.0 Å².